The van der Waals surface area contributed by atoms with E-state index in [0.29, 0.717) is 0 Å². The molecule has 0 atom stereocenters. The van der Waals surface area contributed by atoms with Gasteiger partial charge < -0.3 is 10.5 Å². The average molecular weight is 389 g/mol. The summed E-state index contributed by atoms with van der Waals surface area (Å²) < 4.78 is 1.72. The molecule has 132 valence electrons. The maximum absolute atomic E-state index is 12.3. The number of rotatable bonds is 7. The first-order valence-corrected chi connectivity index (χ1v) is 8.72. The molecule has 0 aliphatic rings. The maximum Gasteiger partial charge on any atom is 0.360 e. The van der Waals surface area contributed by atoms with Crippen LogP contribution >= 0.6 is 22.9 Å². The number of carboxylic acid groups (broad SMARTS) is 1. The number of thiophene rings is 1. The number of hydrazone groups is 1. The first-order chi connectivity index (χ1) is 12.6. The molecule has 3 rings (SSSR count). The van der Waals surface area contributed by atoms with Gasteiger partial charge in [-0.2, -0.15) is 10.2 Å². The summed E-state index contributed by atoms with van der Waals surface area (Å²) in [6, 6.07) is 10.8. The van der Waals surface area contributed by atoms with Gasteiger partial charge in [-0.3, -0.25) is 4.79 Å². The number of hydrogen-bond donors (Lipinski definition) is 2. The van der Waals surface area contributed by atoms with Gasteiger partial charge in [0.05, 0.1) is 22.1 Å². The summed E-state index contributed by atoms with van der Waals surface area (Å²) >= 11 is 6.96. The molecule has 0 unspecified atom stereocenters. The average Bonchev–Trinajstić information content (AvgIpc) is 3.30. The number of aliphatic carboxylic acids is 1. The molecule has 0 saturated heterocycles. The van der Waals surface area contributed by atoms with Gasteiger partial charge in [0.1, 0.15) is 0 Å². The molecule has 0 aliphatic carbocycles. The fraction of sp³-hybridized carbons (Fsp3) is 0.0588. The predicted molar refractivity (Wildman–Crippen MR) is 99.1 cm³/mol. The molecule has 1 aromatic carbocycles. The molecule has 7 nitrogen and oxygen atoms in total. The first kappa shape index (κ1) is 17.8. The van der Waals surface area contributed by atoms with Crippen molar-refractivity contribution in [2.45, 2.75) is 6.54 Å². The van der Waals surface area contributed by atoms with Gasteiger partial charge >= 0.3 is 5.97 Å². The van der Waals surface area contributed by atoms with Gasteiger partial charge in [-0.25, -0.2) is 9.48 Å². The largest absolute Gasteiger partial charge is 0.476 e. The van der Waals surface area contributed by atoms with Crippen LogP contribution in [0.5, 0.6) is 0 Å². The number of carbonyl (C=O) groups excluding carboxylic acids is 1. The summed E-state index contributed by atoms with van der Waals surface area (Å²) in [4.78, 5) is 23.7. The molecule has 2 aromatic heterocycles. The zero-order valence-electron chi connectivity index (χ0n) is 13.3. The van der Waals surface area contributed by atoms with Crippen molar-refractivity contribution in [2.75, 3.05) is 0 Å². The minimum Gasteiger partial charge on any atom is -0.476 e. The molecule has 0 bridgehead atoms. The van der Waals surface area contributed by atoms with Gasteiger partial charge in [0.15, 0.2) is 0 Å². The Hall–Kier alpha value is -2.97. The van der Waals surface area contributed by atoms with E-state index in [2.05, 4.69) is 15.6 Å². The smallest absolute Gasteiger partial charge is 0.360 e. The van der Waals surface area contributed by atoms with Crippen molar-refractivity contribution in [2.24, 2.45) is 5.10 Å². The Morgan fingerprint density at radius 1 is 1.27 bits per heavy atom. The summed E-state index contributed by atoms with van der Waals surface area (Å²) in [5.41, 5.74) is 3.79. The van der Waals surface area contributed by atoms with Crippen molar-refractivity contribution in [3.05, 3.63) is 69.6 Å². The van der Waals surface area contributed by atoms with Crippen LogP contribution in [-0.4, -0.2) is 32.4 Å². The molecule has 0 aliphatic heterocycles. The number of Topliss-reactive ketones (excluding diaryl/α,β-unsaturated/α-hetero) is 1. The fourth-order valence-corrected chi connectivity index (χ4v) is 3.24. The van der Waals surface area contributed by atoms with Crippen molar-refractivity contribution in [1.82, 2.24) is 15.2 Å². The molecule has 0 saturated carbocycles. The molecule has 0 radical (unpaired) electrons. The Balaban J connectivity index is 1.68. The highest BCUT2D eigenvalue weighted by Crippen LogP contribution is 2.22. The van der Waals surface area contributed by atoms with Crippen molar-refractivity contribution < 1.29 is 14.7 Å². The molecule has 0 amide bonds. The van der Waals surface area contributed by atoms with Gasteiger partial charge in [-0.05, 0) is 35.2 Å². The van der Waals surface area contributed by atoms with Gasteiger partial charge in [0.25, 0.3) is 0 Å². The summed E-state index contributed by atoms with van der Waals surface area (Å²) in [6.07, 6.45) is 3.52. The Kier molecular flexibility index (Phi) is 5.45. The lowest BCUT2D eigenvalue weighted by Crippen LogP contribution is -2.26. The highest BCUT2D eigenvalue weighted by atomic mass is 35.5. The van der Waals surface area contributed by atoms with E-state index < -0.39 is 17.5 Å². The number of carbonyl (C=O) groups is 2. The van der Waals surface area contributed by atoms with Gasteiger partial charge in [0, 0.05) is 12.4 Å². The lowest BCUT2D eigenvalue weighted by Gasteiger charge is -2.05. The third-order valence-electron chi connectivity index (χ3n) is 3.42. The molecular weight excluding hydrogens is 376 g/mol. The van der Waals surface area contributed by atoms with Gasteiger partial charge in [-0.15, -0.1) is 11.3 Å². The highest BCUT2D eigenvalue weighted by molar-refractivity contribution is 7.14. The third-order valence-corrected chi connectivity index (χ3v) is 4.76. The van der Waals surface area contributed by atoms with Crippen LogP contribution in [0.25, 0.3) is 5.69 Å². The van der Waals surface area contributed by atoms with E-state index in [1.807, 2.05) is 36.5 Å². The quantitative estimate of drug-likeness (QED) is 0.281. The summed E-state index contributed by atoms with van der Waals surface area (Å²) in [7, 11) is 0. The van der Waals surface area contributed by atoms with Gasteiger partial charge in [-0.1, -0.05) is 23.7 Å². The second kappa shape index (κ2) is 7.94. The van der Waals surface area contributed by atoms with Crippen molar-refractivity contribution in [1.29, 1.82) is 0 Å². The normalized spacial score (nSPS) is 11.3. The molecule has 3 aromatic rings. The van der Waals surface area contributed by atoms with Crippen molar-refractivity contribution in [3.63, 3.8) is 0 Å². The number of ketones is 1. The zero-order valence-corrected chi connectivity index (χ0v) is 14.9. The number of nitrogens with one attached hydrogen (secondary N) is 1. The maximum atomic E-state index is 12.3. The summed E-state index contributed by atoms with van der Waals surface area (Å²) in [5, 5.41) is 18.9. The number of hydrogen-bond acceptors (Lipinski definition) is 6. The number of aromatic nitrogens is 2. The van der Waals surface area contributed by atoms with E-state index in [-0.39, 0.29) is 16.4 Å². The summed E-state index contributed by atoms with van der Waals surface area (Å²) in [6.45, 7) is 0.265. The number of nitrogens with zero attached hydrogens (tertiary/aromatic N) is 3. The van der Waals surface area contributed by atoms with Crippen molar-refractivity contribution >= 4 is 40.4 Å². The first-order valence-electron chi connectivity index (χ1n) is 7.47. The molecule has 2 N–H and O–H groups in total. The Morgan fingerprint density at radius 3 is 2.62 bits per heavy atom. The molecule has 9 heteroatoms. The summed E-state index contributed by atoms with van der Waals surface area (Å²) in [5.74, 6) is -2.14. The Bertz CT molecular complexity index is 949. The Morgan fingerprint density at radius 2 is 2.04 bits per heavy atom. The molecule has 0 spiro atoms. The van der Waals surface area contributed by atoms with Crippen LogP contribution < -0.4 is 5.43 Å². The second-order valence-corrected chi connectivity index (χ2v) is 6.47. The molecule has 2 heterocycles. The zero-order chi connectivity index (χ0) is 18.5. The Labute approximate surface area is 157 Å². The van der Waals surface area contributed by atoms with Crippen LogP contribution in [0, 0.1) is 0 Å². The van der Waals surface area contributed by atoms with E-state index >= 15 is 0 Å². The molecule has 0 fully saturated rings. The van der Waals surface area contributed by atoms with E-state index in [0.717, 1.165) is 22.6 Å². The van der Waals surface area contributed by atoms with Crippen LogP contribution in [0.15, 0.2) is 59.3 Å². The van der Waals surface area contributed by atoms with Gasteiger partial charge in [0.2, 0.25) is 11.5 Å². The topological polar surface area (TPSA) is 96.6 Å². The second-order valence-electron chi connectivity index (χ2n) is 5.14. The minimum absolute atomic E-state index is 0.151. The monoisotopic (exact) mass is 388 g/mol. The molecular formula is C17H13ClN4O3S. The highest BCUT2D eigenvalue weighted by Gasteiger charge is 2.24. The van der Waals surface area contributed by atoms with E-state index in [1.165, 1.54) is 6.07 Å². The standard InChI is InChI=1S/C17H13ClN4O3S/c18-13-6-9-26-16(13)15(23)14(17(24)25)21-19-10-11-2-4-12(5-3-11)22-8-1-7-20-22/h1-9,19H,10H2,(H,24,25). The van der Waals surface area contributed by atoms with Crippen molar-refractivity contribution in [3.8, 4) is 5.69 Å². The lowest BCUT2D eigenvalue weighted by atomic mass is 10.2. The van der Waals surface area contributed by atoms with Crippen LogP contribution in [-0.2, 0) is 11.3 Å². The number of carboxylic acids is 1. The number of benzene rings is 1. The molecule has 26 heavy (non-hydrogen) atoms. The van der Waals surface area contributed by atoms with Crippen LogP contribution in [0.1, 0.15) is 15.2 Å². The van der Waals surface area contributed by atoms with Crippen LogP contribution in [0.2, 0.25) is 5.02 Å². The fourth-order valence-electron chi connectivity index (χ4n) is 2.16. The predicted octanol–water partition coefficient (Wildman–Crippen LogP) is 3.00. The number of halogens is 1. The third kappa shape index (κ3) is 3.98. The van der Waals surface area contributed by atoms with Crippen LogP contribution in [0.4, 0.5) is 0 Å². The minimum atomic E-state index is -1.42. The lowest BCUT2D eigenvalue weighted by molar-refractivity contribution is -0.129. The van der Waals surface area contributed by atoms with Crippen LogP contribution in [0.3, 0.4) is 0 Å². The SMILES string of the molecule is O=C(O)C(=NNCc1ccc(-n2cccn2)cc1)C(=O)c1sccc1Cl. The van der Waals surface area contributed by atoms with E-state index in [4.69, 9.17) is 11.6 Å². The van der Waals surface area contributed by atoms with E-state index in [1.54, 1.807) is 16.3 Å². The van der Waals surface area contributed by atoms with E-state index in [9.17, 15) is 14.7 Å².